The van der Waals surface area contributed by atoms with Crippen LogP contribution in [0.3, 0.4) is 0 Å². The fourth-order valence-electron chi connectivity index (χ4n) is 2.45. The molecule has 22 heavy (non-hydrogen) atoms. The van der Waals surface area contributed by atoms with Gasteiger partial charge in [-0.1, -0.05) is 79.8 Å². The summed E-state index contributed by atoms with van der Waals surface area (Å²) in [6.45, 7) is 2.09. The first-order valence-corrected chi connectivity index (χ1v) is 7.85. The molecule has 0 radical (unpaired) electrons. The Morgan fingerprint density at radius 3 is 2.27 bits per heavy atom. The van der Waals surface area contributed by atoms with Crippen molar-refractivity contribution in [1.29, 1.82) is 0 Å². The minimum absolute atomic E-state index is 0.820. The Morgan fingerprint density at radius 2 is 1.55 bits per heavy atom. The third-order valence-electron chi connectivity index (χ3n) is 3.63. The summed E-state index contributed by atoms with van der Waals surface area (Å²) < 4.78 is 0. The summed E-state index contributed by atoms with van der Waals surface area (Å²) in [6.07, 6.45) is 0.820. The monoisotopic (exact) mass is 303 g/mol. The van der Waals surface area contributed by atoms with E-state index >= 15 is 0 Å². The second kappa shape index (κ2) is 6.63. The van der Waals surface area contributed by atoms with E-state index in [1.165, 1.54) is 10.8 Å². The normalized spacial score (nSPS) is 11.6. The summed E-state index contributed by atoms with van der Waals surface area (Å²) in [5.41, 5.74) is 2.96. The molecule has 2 heteroatoms. The highest BCUT2D eigenvalue weighted by molar-refractivity contribution is 7.82. The van der Waals surface area contributed by atoms with Gasteiger partial charge in [0.1, 0.15) is 0 Å². The summed E-state index contributed by atoms with van der Waals surface area (Å²) in [7, 11) is 0. The standard InChI is InChI=1S/C20H17NS/c1-2-19(20(22)16-9-4-3-5-10-16)21-18-13-12-15-8-6-7-11-17(15)14-18/h3-14H,2H2,1H3. The van der Waals surface area contributed by atoms with Crippen molar-refractivity contribution in [1.82, 2.24) is 0 Å². The molecule has 0 N–H and O–H groups in total. The van der Waals surface area contributed by atoms with Crippen LogP contribution in [0.1, 0.15) is 18.9 Å². The van der Waals surface area contributed by atoms with E-state index in [9.17, 15) is 0 Å². The van der Waals surface area contributed by atoms with E-state index in [4.69, 9.17) is 17.2 Å². The first kappa shape index (κ1) is 14.6. The van der Waals surface area contributed by atoms with Crippen LogP contribution in [0, 0.1) is 0 Å². The van der Waals surface area contributed by atoms with E-state index in [1.54, 1.807) is 0 Å². The van der Waals surface area contributed by atoms with Crippen LogP contribution in [0.4, 0.5) is 5.69 Å². The molecular weight excluding hydrogens is 286 g/mol. The summed E-state index contributed by atoms with van der Waals surface area (Å²) in [5, 5.41) is 2.43. The van der Waals surface area contributed by atoms with Crippen LogP contribution in [0.2, 0.25) is 0 Å². The molecule has 0 amide bonds. The van der Waals surface area contributed by atoms with Crippen molar-refractivity contribution in [3.8, 4) is 0 Å². The molecule has 0 aliphatic carbocycles. The summed E-state index contributed by atoms with van der Waals surface area (Å²) in [4.78, 5) is 5.61. The highest BCUT2D eigenvalue weighted by atomic mass is 32.1. The van der Waals surface area contributed by atoms with Crippen LogP contribution in [-0.4, -0.2) is 10.6 Å². The molecule has 0 atom stereocenters. The Labute approximate surface area is 136 Å². The number of aliphatic imine (C=N–C) groups is 1. The lowest BCUT2D eigenvalue weighted by Crippen LogP contribution is -2.11. The van der Waals surface area contributed by atoms with Gasteiger partial charge in [-0.3, -0.25) is 4.99 Å². The highest BCUT2D eigenvalue weighted by Crippen LogP contribution is 2.22. The van der Waals surface area contributed by atoms with Crippen LogP contribution in [0.15, 0.2) is 77.8 Å². The molecule has 0 aromatic heterocycles. The number of fused-ring (bicyclic) bond motifs is 1. The molecule has 0 aliphatic rings. The Hall–Kier alpha value is -2.32. The van der Waals surface area contributed by atoms with Gasteiger partial charge >= 0.3 is 0 Å². The minimum atomic E-state index is 0.820. The Morgan fingerprint density at radius 1 is 0.864 bits per heavy atom. The molecule has 108 valence electrons. The first-order chi connectivity index (χ1) is 10.8. The molecule has 1 nitrogen and oxygen atoms in total. The zero-order valence-electron chi connectivity index (χ0n) is 12.5. The average molecular weight is 303 g/mol. The molecule has 3 aromatic rings. The molecular formula is C20H17NS. The van der Waals surface area contributed by atoms with E-state index < -0.39 is 0 Å². The minimum Gasteiger partial charge on any atom is -0.252 e. The van der Waals surface area contributed by atoms with E-state index in [2.05, 4.69) is 31.2 Å². The van der Waals surface area contributed by atoms with Gasteiger partial charge in [0.05, 0.1) is 16.3 Å². The maximum atomic E-state index is 5.61. The molecule has 0 saturated carbocycles. The SMILES string of the molecule is CCC(=Nc1ccc2ccccc2c1)C(=S)c1ccccc1. The van der Waals surface area contributed by atoms with E-state index in [1.807, 2.05) is 48.5 Å². The lowest BCUT2D eigenvalue weighted by molar-refractivity contribution is 1.29. The van der Waals surface area contributed by atoms with Crippen molar-refractivity contribution in [3.05, 3.63) is 78.4 Å². The van der Waals surface area contributed by atoms with E-state index in [-0.39, 0.29) is 0 Å². The molecule has 0 saturated heterocycles. The van der Waals surface area contributed by atoms with Crippen LogP contribution >= 0.6 is 12.2 Å². The van der Waals surface area contributed by atoms with Crippen LogP contribution in [0.25, 0.3) is 10.8 Å². The lowest BCUT2D eigenvalue weighted by Gasteiger charge is -2.07. The van der Waals surface area contributed by atoms with Gasteiger partial charge in [0.15, 0.2) is 0 Å². The third kappa shape index (κ3) is 3.12. The molecule has 0 aliphatic heterocycles. The summed E-state index contributed by atoms with van der Waals surface area (Å²) in [6, 6.07) is 24.7. The highest BCUT2D eigenvalue weighted by Gasteiger charge is 2.07. The van der Waals surface area contributed by atoms with Crippen molar-refractivity contribution in [2.45, 2.75) is 13.3 Å². The van der Waals surface area contributed by atoms with Gasteiger partial charge in [0.2, 0.25) is 0 Å². The van der Waals surface area contributed by atoms with Crippen LogP contribution < -0.4 is 0 Å². The van der Waals surface area contributed by atoms with Crippen molar-refractivity contribution in [2.75, 3.05) is 0 Å². The number of thiocarbonyl (C=S) groups is 1. The molecule has 0 unspecified atom stereocenters. The second-order valence-electron chi connectivity index (χ2n) is 5.14. The van der Waals surface area contributed by atoms with Gasteiger partial charge in [-0.25, -0.2) is 0 Å². The Balaban J connectivity index is 1.97. The van der Waals surface area contributed by atoms with Crippen LogP contribution in [-0.2, 0) is 0 Å². The third-order valence-corrected chi connectivity index (χ3v) is 4.10. The van der Waals surface area contributed by atoms with Crippen molar-refractivity contribution in [2.24, 2.45) is 4.99 Å². The van der Waals surface area contributed by atoms with E-state index in [0.717, 1.165) is 28.2 Å². The maximum Gasteiger partial charge on any atom is 0.0664 e. The van der Waals surface area contributed by atoms with Gasteiger partial charge < -0.3 is 0 Å². The summed E-state index contributed by atoms with van der Waals surface area (Å²) in [5.74, 6) is 0. The van der Waals surface area contributed by atoms with Gasteiger partial charge in [-0.15, -0.1) is 0 Å². The first-order valence-electron chi connectivity index (χ1n) is 7.44. The number of hydrogen-bond acceptors (Lipinski definition) is 2. The average Bonchev–Trinajstić information content (AvgIpc) is 2.59. The quantitative estimate of drug-likeness (QED) is 0.340. The summed E-state index contributed by atoms with van der Waals surface area (Å²) >= 11 is 5.61. The molecule has 0 fully saturated rings. The number of hydrogen-bond donors (Lipinski definition) is 0. The fraction of sp³-hybridized carbons (Fsp3) is 0.100. The predicted octanol–water partition coefficient (Wildman–Crippen LogP) is 5.74. The van der Waals surface area contributed by atoms with Gasteiger partial charge in [-0.2, -0.15) is 0 Å². The Kier molecular flexibility index (Phi) is 4.40. The molecule has 0 spiro atoms. The van der Waals surface area contributed by atoms with Gasteiger partial charge in [-0.05, 0) is 34.9 Å². The van der Waals surface area contributed by atoms with Gasteiger partial charge in [0.25, 0.3) is 0 Å². The van der Waals surface area contributed by atoms with Crippen molar-refractivity contribution in [3.63, 3.8) is 0 Å². The fourth-order valence-corrected chi connectivity index (χ4v) is 2.77. The number of rotatable bonds is 4. The molecule has 3 rings (SSSR count). The van der Waals surface area contributed by atoms with E-state index in [0.29, 0.717) is 0 Å². The Bertz CT molecular complexity index is 834. The largest absolute Gasteiger partial charge is 0.252 e. The smallest absolute Gasteiger partial charge is 0.0664 e. The molecule has 0 heterocycles. The van der Waals surface area contributed by atoms with Crippen molar-refractivity contribution >= 4 is 39.3 Å². The second-order valence-corrected chi connectivity index (χ2v) is 5.55. The molecule has 0 bridgehead atoms. The maximum absolute atomic E-state index is 5.61. The zero-order chi connectivity index (χ0) is 15.4. The number of benzene rings is 3. The van der Waals surface area contributed by atoms with Gasteiger partial charge in [0, 0.05) is 0 Å². The zero-order valence-corrected chi connectivity index (χ0v) is 13.3. The lowest BCUT2D eigenvalue weighted by atomic mass is 10.1. The van der Waals surface area contributed by atoms with Crippen LogP contribution in [0.5, 0.6) is 0 Å². The number of nitrogens with zero attached hydrogens (tertiary/aromatic N) is 1. The predicted molar refractivity (Wildman–Crippen MR) is 99.5 cm³/mol. The topological polar surface area (TPSA) is 12.4 Å². The molecule has 3 aromatic carbocycles. The van der Waals surface area contributed by atoms with Crippen molar-refractivity contribution < 1.29 is 0 Å².